The van der Waals surface area contributed by atoms with Gasteiger partial charge in [-0.05, 0) is 20.8 Å². The van der Waals surface area contributed by atoms with Gasteiger partial charge in [0, 0.05) is 38.6 Å². The van der Waals surface area contributed by atoms with Crippen LogP contribution < -0.4 is 0 Å². The van der Waals surface area contributed by atoms with Crippen LogP contribution in [0.1, 0.15) is 27.2 Å². The van der Waals surface area contributed by atoms with Crippen LogP contribution in [0.4, 0.5) is 0 Å². The highest BCUT2D eigenvalue weighted by Gasteiger charge is 2.35. The van der Waals surface area contributed by atoms with E-state index >= 15 is 0 Å². The van der Waals surface area contributed by atoms with E-state index in [1.54, 1.807) is 16.7 Å². The van der Waals surface area contributed by atoms with E-state index in [1.165, 1.54) is 0 Å². The summed E-state index contributed by atoms with van der Waals surface area (Å²) in [4.78, 5) is 27.1. The third-order valence-electron chi connectivity index (χ3n) is 3.40. The molecule has 5 heteroatoms. The van der Waals surface area contributed by atoms with Crippen molar-refractivity contribution in [3.05, 3.63) is 0 Å². The standard InChI is InChI=1S/C12H22N2O3/c1-4-13(5-2)12(17)9(3)14-7-10(8-15)6-11(14)16/h9-10,15H,4-8H2,1-3H3. The average Bonchev–Trinajstić information content (AvgIpc) is 2.71. The molecule has 0 radical (unpaired) electrons. The van der Waals surface area contributed by atoms with Crippen molar-refractivity contribution in [1.29, 1.82) is 0 Å². The van der Waals surface area contributed by atoms with Crippen molar-refractivity contribution in [1.82, 2.24) is 9.80 Å². The van der Waals surface area contributed by atoms with E-state index in [9.17, 15) is 9.59 Å². The number of aliphatic hydroxyl groups excluding tert-OH is 1. The van der Waals surface area contributed by atoms with Gasteiger partial charge in [-0.1, -0.05) is 0 Å². The Kier molecular flexibility index (Phi) is 4.93. The minimum Gasteiger partial charge on any atom is -0.396 e. The predicted molar refractivity (Wildman–Crippen MR) is 64.3 cm³/mol. The fourth-order valence-electron chi connectivity index (χ4n) is 2.24. The van der Waals surface area contributed by atoms with Gasteiger partial charge in [0.15, 0.2) is 0 Å². The molecule has 17 heavy (non-hydrogen) atoms. The molecule has 0 bridgehead atoms. The molecule has 0 spiro atoms. The molecule has 1 aliphatic rings. The molecule has 2 amide bonds. The first-order valence-electron chi connectivity index (χ1n) is 6.24. The molecule has 0 aromatic rings. The Labute approximate surface area is 102 Å². The normalized spacial score (nSPS) is 21.8. The van der Waals surface area contributed by atoms with Crippen LogP contribution in [0.2, 0.25) is 0 Å². The van der Waals surface area contributed by atoms with Crippen molar-refractivity contribution in [2.75, 3.05) is 26.2 Å². The molecule has 0 aliphatic carbocycles. The zero-order valence-electron chi connectivity index (χ0n) is 10.8. The number of hydrogen-bond acceptors (Lipinski definition) is 3. The van der Waals surface area contributed by atoms with Crippen LogP contribution in [0.15, 0.2) is 0 Å². The van der Waals surface area contributed by atoms with Gasteiger partial charge in [0.05, 0.1) is 0 Å². The average molecular weight is 242 g/mol. The van der Waals surface area contributed by atoms with Gasteiger partial charge in [-0.2, -0.15) is 0 Å². The van der Waals surface area contributed by atoms with E-state index in [-0.39, 0.29) is 24.3 Å². The molecule has 1 saturated heterocycles. The minimum atomic E-state index is -0.418. The Bertz CT molecular complexity index is 289. The highest BCUT2D eigenvalue weighted by Crippen LogP contribution is 2.20. The summed E-state index contributed by atoms with van der Waals surface area (Å²) >= 11 is 0. The molecule has 0 aromatic carbocycles. The van der Waals surface area contributed by atoms with Crippen molar-refractivity contribution < 1.29 is 14.7 Å². The van der Waals surface area contributed by atoms with Crippen LogP contribution in [-0.2, 0) is 9.59 Å². The molecule has 0 saturated carbocycles. The Morgan fingerprint density at radius 2 is 2.12 bits per heavy atom. The van der Waals surface area contributed by atoms with Crippen molar-refractivity contribution in [3.63, 3.8) is 0 Å². The summed E-state index contributed by atoms with van der Waals surface area (Å²) in [5, 5.41) is 9.05. The lowest BCUT2D eigenvalue weighted by Gasteiger charge is -2.29. The van der Waals surface area contributed by atoms with Gasteiger partial charge in [-0.25, -0.2) is 0 Å². The molecule has 98 valence electrons. The Hall–Kier alpha value is -1.10. The number of carbonyl (C=O) groups excluding carboxylic acids is 2. The van der Waals surface area contributed by atoms with E-state index < -0.39 is 6.04 Å². The summed E-state index contributed by atoms with van der Waals surface area (Å²) < 4.78 is 0. The molecule has 1 N–H and O–H groups in total. The fourth-order valence-corrected chi connectivity index (χ4v) is 2.24. The maximum atomic E-state index is 12.1. The van der Waals surface area contributed by atoms with Gasteiger partial charge in [0.2, 0.25) is 11.8 Å². The predicted octanol–water partition coefficient (Wildman–Crippen LogP) is 0.0841. The second-order valence-electron chi connectivity index (χ2n) is 4.49. The van der Waals surface area contributed by atoms with E-state index in [4.69, 9.17) is 5.11 Å². The Morgan fingerprint density at radius 1 is 1.53 bits per heavy atom. The van der Waals surface area contributed by atoms with Gasteiger partial charge in [-0.3, -0.25) is 9.59 Å². The van der Waals surface area contributed by atoms with Gasteiger partial charge < -0.3 is 14.9 Å². The first-order chi connectivity index (χ1) is 8.04. The van der Waals surface area contributed by atoms with Crippen molar-refractivity contribution in [2.45, 2.75) is 33.2 Å². The summed E-state index contributed by atoms with van der Waals surface area (Å²) in [6.45, 7) is 7.43. The quantitative estimate of drug-likeness (QED) is 0.743. The molecular weight excluding hydrogens is 220 g/mol. The smallest absolute Gasteiger partial charge is 0.245 e. The van der Waals surface area contributed by atoms with Crippen molar-refractivity contribution >= 4 is 11.8 Å². The van der Waals surface area contributed by atoms with E-state index in [0.717, 1.165) is 0 Å². The Morgan fingerprint density at radius 3 is 2.53 bits per heavy atom. The van der Waals surface area contributed by atoms with Gasteiger partial charge in [0.25, 0.3) is 0 Å². The highest BCUT2D eigenvalue weighted by molar-refractivity contribution is 5.88. The number of likely N-dealkylation sites (tertiary alicyclic amines) is 1. The van der Waals surface area contributed by atoms with Crippen LogP contribution in [0.25, 0.3) is 0 Å². The molecule has 2 unspecified atom stereocenters. The molecule has 1 rings (SSSR count). The largest absolute Gasteiger partial charge is 0.396 e. The SMILES string of the molecule is CCN(CC)C(=O)C(C)N1CC(CO)CC1=O. The number of rotatable bonds is 5. The van der Waals surface area contributed by atoms with Crippen molar-refractivity contribution in [2.24, 2.45) is 5.92 Å². The highest BCUT2D eigenvalue weighted by atomic mass is 16.3. The van der Waals surface area contributed by atoms with Crippen molar-refractivity contribution in [3.8, 4) is 0 Å². The van der Waals surface area contributed by atoms with Crippen LogP contribution in [0.3, 0.4) is 0 Å². The third kappa shape index (κ3) is 2.97. The number of hydrogen-bond donors (Lipinski definition) is 1. The summed E-state index contributed by atoms with van der Waals surface area (Å²) in [6, 6.07) is -0.418. The summed E-state index contributed by atoms with van der Waals surface area (Å²) in [5.41, 5.74) is 0. The number of nitrogens with zero attached hydrogens (tertiary/aromatic N) is 2. The zero-order valence-corrected chi connectivity index (χ0v) is 10.8. The number of likely N-dealkylation sites (N-methyl/N-ethyl adjacent to an activating group) is 1. The second-order valence-corrected chi connectivity index (χ2v) is 4.49. The molecule has 1 fully saturated rings. The fraction of sp³-hybridized carbons (Fsp3) is 0.833. The first kappa shape index (κ1) is 14.0. The molecule has 1 aliphatic heterocycles. The Balaban J connectivity index is 2.66. The van der Waals surface area contributed by atoms with Gasteiger partial charge in [0.1, 0.15) is 6.04 Å². The molecular formula is C12H22N2O3. The van der Waals surface area contributed by atoms with Crippen LogP contribution in [0.5, 0.6) is 0 Å². The monoisotopic (exact) mass is 242 g/mol. The maximum absolute atomic E-state index is 12.1. The maximum Gasteiger partial charge on any atom is 0.245 e. The van der Waals surface area contributed by atoms with Gasteiger partial charge >= 0.3 is 0 Å². The number of carbonyl (C=O) groups is 2. The third-order valence-corrected chi connectivity index (χ3v) is 3.40. The van der Waals surface area contributed by atoms with E-state index in [2.05, 4.69) is 0 Å². The summed E-state index contributed by atoms with van der Waals surface area (Å²) in [5.74, 6) is -0.0616. The lowest BCUT2D eigenvalue weighted by atomic mass is 10.1. The topological polar surface area (TPSA) is 60.9 Å². The number of amides is 2. The lowest BCUT2D eigenvalue weighted by molar-refractivity contribution is -0.142. The van der Waals surface area contributed by atoms with E-state index in [0.29, 0.717) is 26.1 Å². The first-order valence-corrected chi connectivity index (χ1v) is 6.24. The van der Waals surface area contributed by atoms with Gasteiger partial charge in [-0.15, -0.1) is 0 Å². The summed E-state index contributed by atoms with van der Waals surface area (Å²) in [6.07, 6.45) is 0.354. The van der Waals surface area contributed by atoms with Crippen LogP contribution in [0, 0.1) is 5.92 Å². The molecule has 0 aromatic heterocycles. The van der Waals surface area contributed by atoms with E-state index in [1.807, 2.05) is 13.8 Å². The molecule has 2 atom stereocenters. The lowest BCUT2D eigenvalue weighted by Crippen LogP contribution is -2.47. The number of aliphatic hydroxyl groups is 1. The zero-order chi connectivity index (χ0) is 13.0. The van der Waals surface area contributed by atoms with Crippen LogP contribution in [-0.4, -0.2) is 59.0 Å². The molecule has 5 nitrogen and oxygen atoms in total. The summed E-state index contributed by atoms with van der Waals surface area (Å²) in [7, 11) is 0. The second kappa shape index (κ2) is 6.00. The van der Waals surface area contributed by atoms with Crippen LogP contribution >= 0.6 is 0 Å². The molecule has 1 heterocycles. The minimum absolute atomic E-state index is 0.00835.